The van der Waals surface area contributed by atoms with Crippen molar-refractivity contribution in [3.8, 4) is 0 Å². The number of fused-ring (bicyclic) bond motifs is 1. The summed E-state index contributed by atoms with van der Waals surface area (Å²) in [4.78, 5) is 0. The van der Waals surface area contributed by atoms with Gasteiger partial charge in [-0.15, -0.1) is 0 Å². The second-order valence-corrected chi connectivity index (χ2v) is 8.84. The number of hydrogen-bond donors (Lipinski definition) is 1. The molecule has 0 bridgehead atoms. The molecule has 0 heterocycles. The second-order valence-electron chi connectivity index (χ2n) is 8.84. The lowest BCUT2D eigenvalue weighted by molar-refractivity contribution is -0.0553. The van der Waals surface area contributed by atoms with Crippen molar-refractivity contribution in [2.45, 2.75) is 79.1 Å². The molecule has 2 aliphatic rings. The average molecular weight is 293 g/mol. The molecular formula is C20H36O. The molecule has 1 heteroatoms. The average Bonchev–Trinajstić information content (AvgIpc) is 2.37. The highest BCUT2D eigenvalue weighted by molar-refractivity contribution is 5.15. The summed E-state index contributed by atoms with van der Waals surface area (Å²) in [6.45, 7) is 14.6. The Morgan fingerprint density at radius 3 is 2.62 bits per heavy atom. The lowest BCUT2D eigenvalue weighted by Gasteiger charge is -2.58. The smallest absolute Gasteiger partial charge is 0.0433 e. The predicted octanol–water partition coefficient (Wildman–Crippen LogP) is 5.58. The molecule has 0 amide bonds. The summed E-state index contributed by atoms with van der Waals surface area (Å²) >= 11 is 0. The highest BCUT2D eigenvalue weighted by Gasteiger charge is 2.52. The van der Waals surface area contributed by atoms with Crippen LogP contribution < -0.4 is 0 Å². The van der Waals surface area contributed by atoms with Crippen molar-refractivity contribution >= 4 is 0 Å². The van der Waals surface area contributed by atoms with Crippen LogP contribution in [-0.2, 0) is 0 Å². The van der Waals surface area contributed by atoms with Crippen LogP contribution in [0.5, 0.6) is 0 Å². The van der Waals surface area contributed by atoms with Gasteiger partial charge in [0.1, 0.15) is 0 Å². The maximum atomic E-state index is 9.11. The first-order valence-electron chi connectivity index (χ1n) is 9.10. The largest absolute Gasteiger partial charge is 0.396 e. The monoisotopic (exact) mass is 292 g/mol. The van der Waals surface area contributed by atoms with Crippen LogP contribution in [0.1, 0.15) is 79.1 Å². The number of rotatable bonds is 5. The molecule has 122 valence electrons. The second kappa shape index (κ2) is 6.44. The molecule has 2 saturated carbocycles. The highest BCUT2D eigenvalue weighted by atomic mass is 16.3. The minimum absolute atomic E-state index is 0.333. The van der Waals surface area contributed by atoms with Gasteiger partial charge in [-0.3, -0.25) is 0 Å². The standard InChI is InChI=1S/C20H36O/c1-15(11-14-21)7-9-17-16(2)8-10-18-19(3,4)12-6-13-20(17,18)5/h15,17-18,21H,2,6-14H2,1,3-5H3/t15-,17-,18-,20+/m0/s1. The van der Waals surface area contributed by atoms with Gasteiger partial charge in [-0.25, -0.2) is 0 Å². The summed E-state index contributed by atoms with van der Waals surface area (Å²) in [5, 5.41) is 9.11. The van der Waals surface area contributed by atoms with E-state index in [0.29, 0.717) is 29.3 Å². The van der Waals surface area contributed by atoms with Crippen molar-refractivity contribution in [2.75, 3.05) is 6.61 Å². The molecule has 0 aliphatic heterocycles. The Morgan fingerprint density at radius 1 is 1.24 bits per heavy atom. The van der Waals surface area contributed by atoms with Crippen molar-refractivity contribution in [1.29, 1.82) is 0 Å². The van der Waals surface area contributed by atoms with Crippen molar-refractivity contribution in [2.24, 2.45) is 28.6 Å². The van der Waals surface area contributed by atoms with E-state index in [0.717, 1.165) is 12.3 Å². The molecule has 0 aromatic heterocycles. The van der Waals surface area contributed by atoms with Gasteiger partial charge >= 0.3 is 0 Å². The minimum Gasteiger partial charge on any atom is -0.396 e. The zero-order valence-electron chi connectivity index (χ0n) is 14.8. The van der Waals surface area contributed by atoms with E-state index >= 15 is 0 Å². The maximum absolute atomic E-state index is 9.11. The Labute approximate surface area is 132 Å². The SMILES string of the molecule is C=C1CC[C@H]2C(C)(C)CCC[C@]2(C)[C@H]1CC[C@H](C)CCO. The van der Waals surface area contributed by atoms with E-state index in [1.54, 1.807) is 0 Å². The van der Waals surface area contributed by atoms with E-state index in [2.05, 4.69) is 34.3 Å². The summed E-state index contributed by atoms with van der Waals surface area (Å²) in [6.07, 6.45) is 10.2. The fourth-order valence-corrected chi connectivity index (χ4v) is 5.62. The number of aliphatic hydroxyl groups is 1. The lowest BCUT2D eigenvalue weighted by Crippen LogP contribution is -2.49. The van der Waals surface area contributed by atoms with E-state index < -0.39 is 0 Å². The summed E-state index contributed by atoms with van der Waals surface area (Å²) in [7, 11) is 0. The van der Waals surface area contributed by atoms with Gasteiger partial charge in [0, 0.05) is 6.61 Å². The van der Waals surface area contributed by atoms with Gasteiger partial charge in [-0.05, 0) is 67.1 Å². The summed E-state index contributed by atoms with van der Waals surface area (Å²) in [6, 6.07) is 0. The first kappa shape index (κ1) is 17.1. The van der Waals surface area contributed by atoms with E-state index in [1.165, 1.54) is 50.5 Å². The van der Waals surface area contributed by atoms with Gasteiger partial charge in [0.15, 0.2) is 0 Å². The molecule has 2 fully saturated rings. The zero-order chi connectivity index (χ0) is 15.7. The summed E-state index contributed by atoms with van der Waals surface area (Å²) in [5.74, 6) is 2.21. The first-order valence-corrected chi connectivity index (χ1v) is 9.10. The van der Waals surface area contributed by atoms with Crippen LogP contribution in [0.25, 0.3) is 0 Å². The molecule has 0 saturated heterocycles. The van der Waals surface area contributed by atoms with Crippen molar-refractivity contribution in [3.63, 3.8) is 0 Å². The van der Waals surface area contributed by atoms with Crippen molar-refractivity contribution in [3.05, 3.63) is 12.2 Å². The normalized spacial score (nSPS) is 37.1. The van der Waals surface area contributed by atoms with E-state index in [1.807, 2.05) is 0 Å². The number of hydrogen-bond acceptors (Lipinski definition) is 1. The van der Waals surface area contributed by atoms with Crippen LogP contribution in [0.4, 0.5) is 0 Å². The molecule has 1 nitrogen and oxygen atoms in total. The molecule has 0 aromatic rings. The Hall–Kier alpha value is -0.300. The van der Waals surface area contributed by atoms with Gasteiger partial charge in [0.05, 0.1) is 0 Å². The maximum Gasteiger partial charge on any atom is 0.0433 e. The van der Waals surface area contributed by atoms with Crippen LogP contribution >= 0.6 is 0 Å². The highest BCUT2D eigenvalue weighted by Crippen LogP contribution is 2.61. The molecule has 0 unspecified atom stereocenters. The van der Waals surface area contributed by atoms with Crippen molar-refractivity contribution in [1.82, 2.24) is 0 Å². The van der Waals surface area contributed by atoms with Gasteiger partial charge in [-0.1, -0.05) is 52.7 Å². The summed E-state index contributed by atoms with van der Waals surface area (Å²) in [5.41, 5.74) is 2.49. The van der Waals surface area contributed by atoms with Crippen LogP contribution in [0.2, 0.25) is 0 Å². The Morgan fingerprint density at radius 2 is 1.95 bits per heavy atom. The zero-order valence-corrected chi connectivity index (χ0v) is 14.8. The minimum atomic E-state index is 0.333. The molecule has 4 atom stereocenters. The molecule has 2 aliphatic carbocycles. The fraction of sp³-hybridized carbons (Fsp3) is 0.900. The van der Waals surface area contributed by atoms with Gasteiger partial charge in [0.2, 0.25) is 0 Å². The summed E-state index contributed by atoms with van der Waals surface area (Å²) < 4.78 is 0. The fourth-order valence-electron chi connectivity index (χ4n) is 5.62. The van der Waals surface area contributed by atoms with Crippen LogP contribution in [0.3, 0.4) is 0 Å². The molecule has 1 N–H and O–H groups in total. The molecule has 21 heavy (non-hydrogen) atoms. The Kier molecular flexibility index (Phi) is 5.23. The predicted molar refractivity (Wildman–Crippen MR) is 91.2 cm³/mol. The van der Waals surface area contributed by atoms with Gasteiger partial charge < -0.3 is 5.11 Å². The first-order chi connectivity index (χ1) is 9.81. The van der Waals surface area contributed by atoms with E-state index in [4.69, 9.17) is 5.11 Å². The van der Waals surface area contributed by atoms with E-state index in [-0.39, 0.29) is 0 Å². The number of allylic oxidation sites excluding steroid dienone is 1. The molecule has 0 radical (unpaired) electrons. The lowest BCUT2D eigenvalue weighted by atomic mass is 9.47. The van der Waals surface area contributed by atoms with Crippen LogP contribution in [-0.4, -0.2) is 11.7 Å². The van der Waals surface area contributed by atoms with E-state index in [9.17, 15) is 0 Å². The molecule has 0 aromatic carbocycles. The molecule has 2 rings (SSSR count). The van der Waals surface area contributed by atoms with Crippen LogP contribution in [0.15, 0.2) is 12.2 Å². The third-order valence-electron chi connectivity index (χ3n) is 6.89. The molecular weight excluding hydrogens is 256 g/mol. The third kappa shape index (κ3) is 3.38. The third-order valence-corrected chi connectivity index (χ3v) is 6.89. The van der Waals surface area contributed by atoms with Crippen LogP contribution in [0, 0.1) is 28.6 Å². The Bertz CT molecular complexity index is 370. The number of aliphatic hydroxyl groups excluding tert-OH is 1. The quantitative estimate of drug-likeness (QED) is 0.655. The van der Waals surface area contributed by atoms with Crippen molar-refractivity contribution < 1.29 is 5.11 Å². The topological polar surface area (TPSA) is 20.2 Å². The van der Waals surface area contributed by atoms with Gasteiger partial charge in [0.25, 0.3) is 0 Å². The Balaban J connectivity index is 2.12. The molecule has 0 spiro atoms. The van der Waals surface area contributed by atoms with Gasteiger partial charge in [-0.2, -0.15) is 0 Å².